The molecule has 1 fully saturated rings. The Bertz CT molecular complexity index is 1390. The van der Waals surface area contributed by atoms with Crippen LogP contribution in [0.3, 0.4) is 0 Å². The number of hydrogen-bond donors (Lipinski definition) is 1. The van der Waals surface area contributed by atoms with Gasteiger partial charge in [-0.2, -0.15) is 0 Å². The third kappa shape index (κ3) is 4.31. The molecule has 188 valence electrons. The van der Waals surface area contributed by atoms with Crippen molar-refractivity contribution in [3.05, 3.63) is 101 Å². The lowest BCUT2D eigenvalue weighted by Gasteiger charge is -2.35. The summed E-state index contributed by atoms with van der Waals surface area (Å²) in [5, 5.41) is 3.56. The van der Waals surface area contributed by atoms with Crippen molar-refractivity contribution in [1.29, 1.82) is 0 Å². The molecule has 1 saturated carbocycles. The van der Waals surface area contributed by atoms with Gasteiger partial charge in [-0.3, -0.25) is 14.5 Å². The monoisotopic (exact) mass is 495 g/mol. The smallest absolute Gasteiger partial charge is 0.231 e. The van der Waals surface area contributed by atoms with Crippen molar-refractivity contribution >= 4 is 28.8 Å². The van der Waals surface area contributed by atoms with E-state index in [0.29, 0.717) is 18.4 Å². The van der Waals surface area contributed by atoms with E-state index in [-0.39, 0.29) is 29.3 Å². The number of hydrogen-bond acceptors (Lipinski definition) is 4. The Hall–Kier alpha value is -3.93. The topological polar surface area (TPSA) is 52.7 Å². The SMILES string of the molecule is CN(C)c1ccc([C@@H]2C3=C(C[C@@H](c4ccc(F)cc4)CC3=O)Nc3ccccc3N2C(=O)C2CC2)cc1. The van der Waals surface area contributed by atoms with E-state index in [9.17, 15) is 14.0 Å². The zero-order valence-electron chi connectivity index (χ0n) is 21.1. The van der Waals surface area contributed by atoms with Crippen molar-refractivity contribution in [3.63, 3.8) is 0 Å². The number of carbonyl (C=O) groups excluding carboxylic acids is 2. The molecule has 1 aliphatic heterocycles. The summed E-state index contributed by atoms with van der Waals surface area (Å²) in [7, 11) is 3.98. The number of rotatable bonds is 4. The Morgan fingerprint density at radius 2 is 1.59 bits per heavy atom. The number of amides is 1. The zero-order valence-corrected chi connectivity index (χ0v) is 21.1. The number of nitrogens with zero attached hydrogens (tertiary/aromatic N) is 2. The zero-order chi connectivity index (χ0) is 25.7. The molecule has 2 atom stereocenters. The Labute approximate surface area is 216 Å². The number of anilines is 3. The van der Waals surface area contributed by atoms with E-state index < -0.39 is 6.04 Å². The number of Topliss-reactive ketones (excluding diaryl/α,β-unsaturated/α-hetero) is 1. The van der Waals surface area contributed by atoms with Crippen LogP contribution in [0.25, 0.3) is 0 Å². The number of fused-ring (bicyclic) bond motifs is 1. The van der Waals surface area contributed by atoms with Crippen LogP contribution in [-0.4, -0.2) is 25.8 Å². The number of ketones is 1. The van der Waals surface area contributed by atoms with E-state index in [1.165, 1.54) is 12.1 Å². The molecule has 0 radical (unpaired) electrons. The quantitative estimate of drug-likeness (QED) is 0.468. The predicted octanol–water partition coefficient (Wildman–Crippen LogP) is 6.20. The molecule has 0 aromatic heterocycles. The Kier molecular flexibility index (Phi) is 5.82. The normalized spacial score (nSPS) is 21.1. The fraction of sp³-hybridized carbons (Fsp3) is 0.290. The van der Waals surface area contributed by atoms with Gasteiger partial charge in [-0.15, -0.1) is 0 Å². The van der Waals surface area contributed by atoms with Gasteiger partial charge in [-0.05, 0) is 72.7 Å². The first-order valence-electron chi connectivity index (χ1n) is 12.9. The fourth-order valence-electron chi connectivity index (χ4n) is 5.60. The highest BCUT2D eigenvalue weighted by Gasteiger charge is 2.45. The van der Waals surface area contributed by atoms with Gasteiger partial charge in [0.05, 0.1) is 17.4 Å². The van der Waals surface area contributed by atoms with Gasteiger partial charge in [0.15, 0.2) is 5.78 Å². The van der Waals surface area contributed by atoms with Crippen molar-refractivity contribution in [2.24, 2.45) is 5.92 Å². The Balaban J connectivity index is 1.52. The molecule has 0 unspecified atom stereocenters. The number of allylic oxidation sites excluding steroid dienone is 1. The average Bonchev–Trinajstić information content (AvgIpc) is 3.75. The highest BCUT2D eigenvalue weighted by atomic mass is 19.1. The molecule has 6 rings (SSSR count). The maximum atomic E-state index is 14.0. The summed E-state index contributed by atoms with van der Waals surface area (Å²) in [5.41, 5.74) is 6.02. The van der Waals surface area contributed by atoms with Gasteiger partial charge < -0.3 is 10.2 Å². The van der Waals surface area contributed by atoms with Gasteiger partial charge in [0.2, 0.25) is 5.91 Å². The molecule has 0 saturated heterocycles. The fourth-order valence-corrected chi connectivity index (χ4v) is 5.60. The second-order valence-corrected chi connectivity index (χ2v) is 10.5. The van der Waals surface area contributed by atoms with Gasteiger partial charge in [-0.1, -0.05) is 36.4 Å². The highest BCUT2D eigenvalue weighted by Crippen LogP contribution is 2.49. The number of para-hydroxylation sites is 2. The van der Waals surface area contributed by atoms with E-state index in [2.05, 4.69) is 5.32 Å². The molecule has 3 aromatic carbocycles. The minimum absolute atomic E-state index is 0.00980. The number of halogens is 1. The lowest BCUT2D eigenvalue weighted by Crippen LogP contribution is -2.39. The number of nitrogens with one attached hydrogen (secondary N) is 1. The van der Waals surface area contributed by atoms with E-state index in [0.717, 1.165) is 46.7 Å². The second kappa shape index (κ2) is 9.18. The summed E-state index contributed by atoms with van der Waals surface area (Å²) in [4.78, 5) is 31.7. The number of benzene rings is 3. The summed E-state index contributed by atoms with van der Waals surface area (Å²) in [6.45, 7) is 0. The van der Waals surface area contributed by atoms with Crippen LogP contribution in [0.1, 0.15) is 48.8 Å². The molecule has 6 heteroatoms. The standard InChI is InChI=1S/C31H30FN3O2/c1-34(2)24-15-11-20(12-16-24)30-29-26(17-22(18-28(29)36)19-9-13-23(32)14-10-19)33-25-5-3-4-6-27(25)35(30)31(37)21-7-8-21/h3-6,9-16,21-22,30,33H,7-8,17-18H2,1-2H3/t22-,30-/m1/s1. The molecule has 3 aromatic rings. The molecule has 3 aliphatic rings. The van der Waals surface area contributed by atoms with Crippen molar-refractivity contribution in [3.8, 4) is 0 Å². The second-order valence-electron chi connectivity index (χ2n) is 10.5. The Morgan fingerprint density at radius 1 is 0.919 bits per heavy atom. The third-order valence-corrected chi connectivity index (χ3v) is 7.72. The van der Waals surface area contributed by atoms with Crippen LogP contribution in [-0.2, 0) is 9.59 Å². The summed E-state index contributed by atoms with van der Waals surface area (Å²) in [5.74, 6) is -0.273. The molecule has 1 N–H and O–H groups in total. The van der Waals surface area contributed by atoms with Crippen molar-refractivity contribution < 1.29 is 14.0 Å². The highest BCUT2D eigenvalue weighted by molar-refractivity contribution is 6.07. The Morgan fingerprint density at radius 3 is 2.27 bits per heavy atom. The average molecular weight is 496 g/mol. The van der Waals surface area contributed by atoms with Crippen LogP contribution < -0.4 is 15.1 Å². The maximum absolute atomic E-state index is 14.0. The van der Waals surface area contributed by atoms with Gasteiger partial charge in [0, 0.05) is 43.4 Å². The van der Waals surface area contributed by atoms with E-state index in [4.69, 9.17) is 0 Å². The molecule has 37 heavy (non-hydrogen) atoms. The van der Waals surface area contributed by atoms with E-state index in [1.807, 2.05) is 72.4 Å². The lowest BCUT2D eigenvalue weighted by molar-refractivity contribution is -0.120. The summed E-state index contributed by atoms with van der Waals surface area (Å²) in [6.07, 6.45) is 2.69. The molecule has 1 amide bonds. The van der Waals surface area contributed by atoms with Crippen molar-refractivity contribution in [2.45, 2.75) is 37.6 Å². The van der Waals surface area contributed by atoms with Crippen LogP contribution in [0.15, 0.2) is 84.1 Å². The van der Waals surface area contributed by atoms with E-state index in [1.54, 1.807) is 12.1 Å². The molecule has 1 heterocycles. The largest absolute Gasteiger partial charge is 0.378 e. The summed E-state index contributed by atoms with van der Waals surface area (Å²) < 4.78 is 13.6. The minimum Gasteiger partial charge on any atom is -0.378 e. The summed E-state index contributed by atoms with van der Waals surface area (Å²) in [6, 6.07) is 21.9. The van der Waals surface area contributed by atoms with Gasteiger partial charge in [0.25, 0.3) is 0 Å². The van der Waals surface area contributed by atoms with Crippen LogP contribution in [0.2, 0.25) is 0 Å². The van der Waals surface area contributed by atoms with Crippen molar-refractivity contribution in [2.75, 3.05) is 29.2 Å². The van der Waals surface area contributed by atoms with E-state index >= 15 is 0 Å². The first-order chi connectivity index (χ1) is 17.9. The van der Waals surface area contributed by atoms with Gasteiger partial charge in [0.1, 0.15) is 5.82 Å². The van der Waals surface area contributed by atoms with Crippen LogP contribution in [0, 0.1) is 11.7 Å². The lowest BCUT2D eigenvalue weighted by atomic mass is 9.78. The molecule has 5 nitrogen and oxygen atoms in total. The first-order valence-corrected chi connectivity index (χ1v) is 12.9. The van der Waals surface area contributed by atoms with Crippen LogP contribution >= 0.6 is 0 Å². The molecular formula is C31H30FN3O2. The third-order valence-electron chi connectivity index (χ3n) is 7.72. The molecule has 2 aliphatic carbocycles. The molecular weight excluding hydrogens is 465 g/mol. The number of carbonyl (C=O) groups is 2. The first kappa shape index (κ1) is 23.5. The molecule has 0 bridgehead atoms. The van der Waals surface area contributed by atoms with Gasteiger partial charge >= 0.3 is 0 Å². The van der Waals surface area contributed by atoms with Crippen molar-refractivity contribution in [1.82, 2.24) is 0 Å². The predicted molar refractivity (Wildman–Crippen MR) is 144 cm³/mol. The van der Waals surface area contributed by atoms with Gasteiger partial charge in [-0.25, -0.2) is 4.39 Å². The summed E-state index contributed by atoms with van der Waals surface area (Å²) >= 11 is 0. The molecule has 0 spiro atoms. The van der Waals surface area contributed by atoms with Crippen LogP contribution in [0.5, 0.6) is 0 Å². The maximum Gasteiger partial charge on any atom is 0.231 e. The van der Waals surface area contributed by atoms with Crippen LogP contribution in [0.4, 0.5) is 21.5 Å². The minimum atomic E-state index is -0.517.